The summed E-state index contributed by atoms with van der Waals surface area (Å²) in [5, 5.41) is 8.57. The van der Waals surface area contributed by atoms with Gasteiger partial charge in [-0.15, -0.1) is 0 Å². The summed E-state index contributed by atoms with van der Waals surface area (Å²) >= 11 is 0. The molecule has 12 nitrogen and oxygen atoms in total. The van der Waals surface area contributed by atoms with E-state index in [0.717, 1.165) is 57.1 Å². The fraction of sp³-hybridized carbons (Fsp3) is 0.581. The molecule has 0 radical (unpaired) electrons. The van der Waals surface area contributed by atoms with E-state index in [1.54, 1.807) is 23.7 Å². The lowest BCUT2D eigenvalue weighted by Crippen LogP contribution is -2.48. The number of fused-ring (bicyclic) bond motifs is 1. The van der Waals surface area contributed by atoms with Gasteiger partial charge in [-0.2, -0.15) is 4.31 Å². The number of sulfonamides is 1. The quantitative estimate of drug-likeness (QED) is 0.123. The summed E-state index contributed by atoms with van der Waals surface area (Å²) in [6, 6.07) is 4.80. The van der Waals surface area contributed by atoms with Crippen LogP contribution < -0.4 is 15.8 Å². The standard InChI is InChI=1S/C31H46N6O6S/c1-4-11-23-22-36(6-3)29-28(23)32-30(33-31(29)39)25-21-24(13-14-26(25)43-20-5-2)44(41,42)37-18-16-35(17-19-37)15-10-8-7-9-12-27(38)34-40/h13-14,21-22,40H,4-12,15-20H2,1-3H3,(H,34,38)(H,32,33,39). The first-order chi connectivity index (χ1) is 21.2. The van der Waals surface area contributed by atoms with Gasteiger partial charge in [0, 0.05) is 45.3 Å². The number of carbonyl (C=O) groups excluding carboxylic acids is 1. The zero-order valence-corrected chi connectivity index (χ0v) is 26.9. The lowest BCUT2D eigenvalue weighted by Gasteiger charge is -2.34. The van der Waals surface area contributed by atoms with Crippen molar-refractivity contribution < 1.29 is 23.2 Å². The van der Waals surface area contributed by atoms with Gasteiger partial charge in [0.15, 0.2) is 0 Å². The molecular formula is C31H46N6O6S. The number of aromatic amines is 1. The highest BCUT2D eigenvalue weighted by atomic mass is 32.2. The zero-order valence-electron chi connectivity index (χ0n) is 26.1. The smallest absolute Gasteiger partial charge is 0.275 e. The summed E-state index contributed by atoms with van der Waals surface area (Å²) < 4.78 is 37.0. The predicted molar refractivity (Wildman–Crippen MR) is 169 cm³/mol. The SMILES string of the molecule is CCCOc1ccc(S(=O)(=O)N2CCN(CCCCCCC(=O)NO)CC2)cc1-c1nc2c(CCC)cn(CC)c2c(=O)[nH]1. The van der Waals surface area contributed by atoms with E-state index in [0.29, 0.717) is 73.9 Å². The average Bonchev–Trinajstić information content (AvgIpc) is 3.39. The molecule has 3 N–H and O–H groups in total. The topological polar surface area (TPSA) is 150 Å². The lowest BCUT2D eigenvalue weighted by molar-refractivity contribution is -0.129. The summed E-state index contributed by atoms with van der Waals surface area (Å²) in [6.45, 7) is 10.1. The minimum atomic E-state index is -3.80. The van der Waals surface area contributed by atoms with Crippen molar-refractivity contribution in [3.63, 3.8) is 0 Å². The van der Waals surface area contributed by atoms with Gasteiger partial charge in [0.2, 0.25) is 15.9 Å². The average molecular weight is 631 g/mol. The Kier molecular flexibility index (Phi) is 12.0. The Hall–Kier alpha value is -3.26. The van der Waals surface area contributed by atoms with E-state index in [2.05, 4.69) is 16.8 Å². The maximum absolute atomic E-state index is 13.8. The van der Waals surface area contributed by atoms with E-state index in [1.807, 2.05) is 24.6 Å². The normalized spacial score (nSPS) is 14.7. The van der Waals surface area contributed by atoms with Gasteiger partial charge in [-0.25, -0.2) is 18.9 Å². The number of piperazine rings is 1. The Labute approximate surface area is 259 Å². The molecule has 44 heavy (non-hydrogen) atoms. The molecular weight excluding hydrogens is 584 g/mol. The Morgan fingerprint density at radius 2 is 1.82 bits per heavy atom. The van der Waals surface area contributed by atoms with Crippen molar-refractivity contribution in [1.29, 1.82) is 0 Å². The molecule has 3 heterocycles. The third kappa shape index (κ3) is 7.87. The highest BCUT2D eigenvalue weighted by Crippen LogP contribution is 2.33. The van der Waals surface area contributed by atoms with Gasteiger partial charge in [-0.05, 0) is 62.9 Å². The van der Waals surface area contributed by atoms with Crippen LogP contribution >= 0.6 is 0 Å². The number of ether oxygens (including phenoxy) is 1. The molecule has 242 valence electrons. The Balaban J connectivity index is 1.52. The highest BCUT2D eigenvalue weighted by Gasteiger charge is 2.29. The molecule has 0 aliphatic carbocycles. The van der Waals surface area contributed by atoms with Gasteiger partial charge in [0.05, 0.1) is 22.6 Å². The molecule has 0 saturated carbocycles. The number of benzene rings is 1. The van der Waals surface area contributed by atoms with Crippen LogP contribution in [-0.4, -0.2) is 82.6 Å². The van der Waals surface area contributed by atoms with Crippen molar-refractivity contribution in [1.82, 2.24) is 29.2 Å². The number of amides is 1. The number of hydrogen-bond donors (Lipinski definition) is 3. The Bertz CT molecular complexity index is 1580. The summed E-state index contributed by atoms with van der Waals surface area (Å²) in [7, 11) is -3.80. The van der Waals surface area contributed by atoms with E-state index < -0.39 is 10.0 Å². The monoisotopic (exact) mass is 630 g/mol. The number of hydroxylamine groups is 1. The number of H-pyrrole nitrogens is 1. The van der Waals surface area contributed by atoms with E-state index in [9.17, 15) is 18.0 Å². The van der Waals surface area contributed by atoms with Gasteiger partial charge < -0.3 is 19.2 Å². The first kappa shape index (κ1) is 33.6. The second kappa shape index (κ2) is 15.6. The van der Waals surface area contributed by atoms with Gasteiger partial charge in [0.25, 0.3) is 5.56 Å². The zero-order chi connectivity index (χ0) is 31.7. The van der Waals surface area contributed by atoms with Crippen LogP contribution in [0.15, 0.2) is 34.1 Å². The van der Waals surface area contributed by atoms with Crippen molar-refractivity contribution >= 4 is 27.0 Å². The number of aryl methyl sites for hydroxylation is 2. The second-order valence-corrected chi connectivity index (χ2v) is 13.2. The van der Waals surface area contributed by atoms with Crippen molar-refractivity contribution in [2.24, 2.45) is 0 Å². The second-order valence-electron chi connectivity index (χ2n) is 11.3. The number of unbranched alkanes of at least 4 members (excludes halogenated alkanes) is 3. The summed E-state index contributed by atoms with van der Waals surface area (Å²) in [5.41, 5.74) is 3.97. The molecule has 2 aromatic heterocycles. The van der Waals surface area contributed by atoms with Crippen molar-refractivity contribution in [3.8, 4) is 17.1 Å². The van der Waals surface area contributed by atoms with Crippen LogP contribution in [0.3, 0.4) is 0 Å². The Morgan fingerprint density at radius 3 is 2.50 bits per heavy atom. The fourth-order valence-electron chi connectivity index (χ4n) is 5.67. The number of aromatic nitrogens is 3. The van der Waals surface area contributed by atoms with Gasteiger partial charge in [0.1, 0.15) is 17.1 Å². The number of hydrogen-bond acceptors (Lipinski definition) is 8. The molecule has 1 aliphatic heterocycles. The molecule has 1 aromatic carbocycles. The fourth-order valence-corrected chi connectivity index (χ4v) is 7.11. The molecule has 4 rings (SSSR count). The first-order valence-electron chi connectivity index (χ1n) is 15.8. The molecule has 1 fully saturated rings. The largest absolute Gasteiger partial charge is 0.493 e. The van der Waals surface area contributed by atoms with Crippen molar-refractivity contribution in [2.75, 3.05) is 39.3 Å². The van der Waals surface area contributed by atoms with Gasteiger partial charge in [-0.3, -0.25) is 14.8 Å². The minimum absolute atomic E-state index is 0.138. The van der Waals surface area contributed by atoms with Crippen LogP contribution in [0.25, 0.3) is 22.4 Å². The van der Waals surface area contributed by atoms with Crippen molar-refractivity contribution in [2.45, 2.75) is 83.6 Å². The molecule has 1 saturated heterocycles. The lowest BCUT2D eigenvalue weighted by atomic mass is 10.1. The molecule has 13 heteroatoms. The van der Waals surface area contributed by atoms with Crippen LogP contribution in [0, 0.1) is 0 Å². The van der Waals surface area contributed by atoms with Crippen molar-refractivity contribution in [3.05, 3.63) is 40.3 Å². The summed E-state index contributed by atoms with van der Waals surface area (Å²) in [5.74, 6) is 0.400. The predicted octanol–water partition coefficient (Wildman–Crippen LogP) is 3.92. The third-order valence-electron chi connectivity index (χ3n) is 8.05. The number of nitrogens with one attached hydrogen (secondary N) is 2. The van der Waals surface area contributed by atoms with E-state index in [-0.39, 0.29) is 16.4 Å². The summed E-state index contributed by atoms with van der Waals surface area (Å²) in [4.78, 5) is 34.6. The van der Waals surface area contributed by atoms with E-state index in [4.69, 9.17) is 14.9 Å². The van der Waals surface area contributed by atoms with Crippen LogP contribution in [0.1, 0.15) is 71.3 Å². The maximum Gasteiger partial charge on any atom is 0.275 e. The molecule has 1 amide bonds. The maximum atomic E-state index is 13.8. The number of rotatable bonds is 16. The highest BCUT2D eigenvalue weighted by molar-refractivity contribution is 7.89. The van der Waals surface area contributed by atoms with Crippen LogP contribution in [0.2, 0.25) is 0 Å². The molecule has 1 aliphatic rings. The van der Waals surface area contributed by atoms with E-state index in [1.165, 1.54) is 4.31 Å². The molecule has 0 spiro atoms. The van der Waals surface area contributed by atoms with Crippen LogP contribution in [-0.2, 0) is 27.8 Å². The Morgan fingerprint density at radius 1 is 1.07 bits per heavy atom. The molecule has 0 atom stereocenters. The number of nitrogens with zero attached hydrogens (tertiary/aromatic N) is 4. The third-order valence-corrected chi connectivity index (χ3v) is 9.94. The van der Waals surface area contributed by atoms with Crippen LogP contribution in [0.5, 0.6) is 5.75 Å². The molecule has 0 bridgehead atoms. The molecule has 0 unspecified atom stereocenters. The van der Waals surface area contributed by atoms with E-state index >= 15 is 0 Å². The first-order valence-corrected chi connectivity index (χ1v) is 17.2. The summed E-state index contributed by atoms with van der Waals surface area (Å²) in [6.07, 6.45) is 8.32. The van der Waals surface area contributed by atoms with Gasteiger partial charge >= 0.3 is 0 Å². The van der Waals surface area contributed by atoms with Gasteiger partial charge in [-0.1, -0.05) is 33.1 Å². The molecule has 3 aromatic rings. The van der Waals surface area contributed by atoms with Crippen LogP contribution in [0.4, 0.5) is 0 Å². The number of carbonyl (C=O) groups is 1. The minimum Gasteiger partial charge on any atom is -0.493 e.